The van der Waals surface area contributed by atoms with E-state index in [1.807, 2.05) is 0 Å². The molecule has 2 rings (SSSR count). The van der Waals surface area contributed by atoms with Crippen LogP contribution in [0.3, 0.4) is 0 Å². The van der Waals surface area contributed by atoms with Crippen LogP contribution in [0.15, 0.2) is 36.7 Å². The van der Waals surface area contributed by atoms with Crippen molar-refractivity contribution in [2.45, 2.75) is 31.7 Å². The fraction of sp³-hybridized carbons (Fsp3) is 0.353. The van der Waals surface area contributed by atoms with E-state index in [0.717, 1.165) is 10.8 Å². The SMILES string of the molecule is CC(=O)Nc1cccc(CNC(=O)CC(O)(c2nccn2C)C(F)(F)F)c1. The number of aromatic nitrogens is 2. The summed E-state index contributed by atoms with van der Waals surface area (Å²) in [4.78, 5) is 26.7. The predicted octanol–water partition coefficient (Wildman–Crippen LogP) is 1.83. The van der Waals surface area contributed by atoms with E-state index < -0.39 is 29.9 Å². The van der Waals surface area contributed by atoms with Gasteiger partial charge in [0.1, 0.15) is 0 Å². The number of rotatable bonds is 6. The van der Waals surface area contributed by atoms with Gasteiger partial charge in [0, 0.05) is 38.6 Å². The summed E-state index contributed by atoms with van der Waals surface area (Å²) in [6.45, 7) is 1.27. The molecule has 0 saturated carbocycles. The van der Waals surface area contributed by atoms with Gasteiger partial charge in [-0.2, -0.15) is 13.2 Å². The van der Waals surface area contributed by atoms with Crippen molar-refractivity contribution >= 4 is 17.5 Å². The van der Waals surface area contributed by atoms with Crippen molar-refractivity contribution in [3.05, 3.63) is 48.0 Å². The molecule has 146 valence electrons. The van der Waals surface area contributed by atoms with Gasteiger partial charge in [0.2, 0.25) is 17.4 Å². The molecule has 0 fully saturated rings. The van der Waals surface area contributed by atoms with Crippen molar-refractivity contribution in [2.75, 3.05) is 5.32 Å². The third kappa shape index (κ3) is 4.85. The van der Waals surface area contributed by atoms with Crippen LogP contribution >= 0.6 is 0 Å². The Balaban J connectivity index is 2.09. The number of aliphatic hydroxyl groups is 1. The summed E-state index contributed by atoms with van der Waals surface area (Å²) < 4.78 is 41.3. The quantitative estimate of drug-likeness (QED) is 0.708. The maximum atomic E-state index is 13.4. The number of carbonyl (C=O) groups is 2. The van der Waals surface area contributed by atoms with Gasteiger partial charge >= 0.3 is 6.18 Å². The summed E-state index contributed by atoms with van der Waals surface area (Å²) in [6.07, 6.45) is -3.96. The van der Waals surface area contributed by atoms with E-state index in [4.69, 9.17) is 0 Å². The number of aryl methyl sites for hydroxylation is 1. The molecule has 1 aromatic carbocycles. The lowest BCUT2D eigenvalue weighted by atomic mass is 9.97. The van der Waals surface area contributed by atoms with Crippen LogP contribution in [0, 0.1) is 0 Å². The van der Waals surface area contributed by atoms with E-state index in [1.54, 1.807) is 24.3 Å². The van der Waals surface area contributed by atoms with E-state index in [9.17, 15) is 27.9 Å². The molecule has 1 heterocycles. The molecule has 0 aliphatic heterocycles. The molecule has 0 saturated heterocycles. The zero-order valence-corrected chi connectivity index (χ0v) is 14.7. The average Bonchev–Trinajstić information content (AvgIpc) is 2.98. The normalized spacial score (nSPS) is 13.7. The number of benzene rings is 1. The number of imidazole rings is 1. The highest BCUT2D eigenvalue weighted by Gasteiger charge is 2.58. The number of halogens is 3. The molecule has 0 aliphatic carbocycles. The summed E-state index contributed by atoms with van der Waals surface area (Å²) in [5.41, 5.74) is -2.34. The van der Waals surface area contributed by atoms with Crippen molar-refractivity contribution in [1.29, 1.82) is 0 Å². The van der Waals surface area contributed by atoms with Crippen LogP contribution < -0.4 is 10.6 Å². The van der Waals surface area contributed by atoms with Gasteiger partial charge in [-0.25, -0.2) is 4.98 Å². The van der Waals surface area contributed by atoms with Gasteiger partial charge in [0.05, 0.1) is 6.42 Å². The van der Waals surface area contributed by atoms with Crippen molar-refractivity contribution in [2.24, 2.45) is 7.05 Å². The van der Waals surface area contributed by atoms with Gasteiger partial charge in [-0.3, -0.25) is 9.59 Å². The molecule has 3 N–H and O–H groups in total. The molecular formula is C17H19F3N4O3. The van der Waals surface area contributed by atoms with Crippen molar-refractivity contribution < 1.29 is 27.9 Å². The minimum atomic E-state index is -5.09. The summed E-state index contributed by atoms with van der Waals surface area (Å²) in [5, 5.41) is 15.1. The Labute approximate surface area is 153 Å². The van der Waals surface area contributed by atoms with Crippen molar-refractivity contribution in [1.82, 2.24) is 14.9 Å². The lowest BCUT2D eigenvalue weighted by Crippen LogP contribution is -2.47. The topological polar surface area (TPSA) is 96.2 Å². The van der Waals surface area contributed by atoms with E-state index in [1.165, 1.54) is 20.2 Å². The largest absolute Gasteiger partial charge is 0.425 e. The molecule has 10 heteroatoms. The Kier molecular flexibility index (Phi) is 5.89. The summed E-state index contributed by atoms with van der Waals surface area (Å²) in [7, 11) is 1.30. The van der Waals surface area contributed by atoms with E-state index in [2.05, 4.69) is 15.6 Å². The van der Waals surface area contributed by atoms with Gasteiger partial charge in [-0.15, -0.1) is 0 Å². The van der Waals surface area contributed by atoms with Gasteiger partial charge < -0.3 is 20.3 Å². The first-order valence-electron chi connectivity index (χ1n) is 7.93. The number of alkyl halides is 3. The third-order valence-corrected chi connectivity index (χ3v) is 3.81. The summed E-state index contributed by atoms with van der Waals surface area (Å²) in [6, 6.07) is 6.49. The standard InChI is InChI=1S/C17H19F3N4O3/c1-11(25)23-13-5-3-4-12(8-13)10-22-14(26)9-16(27,17(18,19)20)15-21-6-7-24(15)2/h3-8,27H,9-10H2,1-2H3,(H,22,26)(H,23,25). The molecular weight excluding hydrogens is 365 g/mol. The second-order valence-corrected chi connectivity index (χ2v) is 6.05. The maximum Gasteiger partial charge on any atom is 0.425 e. The fourth-order valence-corrected chi connectivity index (χ4v) is 2.53. The fourth-order valence-electron chi connectivity index (χ4n) is 2.53. The minimum Gasteiger partial charge on any atom is -0.374 e. The average molecular weight is 384 g/mol. The number of hydrogen-bond acceptors (Lipinski definition) is 4. The predicted molar refractivity (Wildman–Crippen MR) is 90.4 cm³/mol. The van der Waals surface area contributed by atoms with Gasteiger partial charge in [-0.05, 0) is 17.7 Å². The highest BCUT2D eigenvalue weighted by Crippen LogP contribution is 2.40. The molecule has 1 unspecified atom stereocenters. The number of nitrogens with one attached hydrogen (secondary N) is 2. The molecule has 0 spiro atoms. The van der Waals surface area contributed by atoms with Gasteiger partial charge in [-0.1, -0.05) is 12.1 Å². The number of nitrogens with zero attached hydrogens (tertiary/aromatic N) is 2. The van der Waals surface area contributed by atoms with E-state index in [0.29, 0.717) is 11.3 Å². The number of hydrogen-bond donors (Lipinski definition) is 3. The molecule has 0 aliphatic rings. The smallest absolute Gasteiger partial charge is 0.374 e. The maximum absolute atomic E-state index is 13.4. The van der Waals surface area contributed by atoms with Gasteiger partial charge in [0.25, 0.3) is 0 Å². The first kappa shape index (κ1) is 20.4. The number of carbonyl (C=O) groups excluding carboxylic acids is 2. The summed E-state index contributed by atoms with van der Waals surface area (Å²) in [5.74, 6) is -1.94. The summed E-state index contributed by atoms with van der Waals surface area (Å²) >= 11 is 0. The lowest BCUT2D eigenvalue weighted by molar-refractivity contribution is -0.271. The lowest BCUT2D eigenvalue weighted by Gasteiger charge is -2.29. The highest BCUT2D eigenvalue weighted by atomic mass is 19.4. The van der Waals surface area contributed by atoms with Gasteiger partial charge in [0.15, 0.2) is 5.82 Å². The van der Waals surface area contributed by atoms with Crippen LogP contribution in [-0.4, -0.2) is 32.6 Å². The van der Waals surface area contributed by atoms with Crippen molar-refractivity contribution in [3.63, 3.8) is 0 Å². The van der Waals surface area contributed by atoms with Crippen LogP contribution in [-0.2, 0) is 28.8 Å². The Morgan fingerprint density at radius 1 is 1.30 bits per heavy atom. The Morgan fingerprint density at radius 3 is 2.56 bits per heavy atom. The highest BCUT2D eigenvalue weighted by molar-refractivity contribution is 5.88. The molecule has 27 heavy (non-hydrogen) atoms. The first-order valence-corrected chi connectivity index (χ1v) is 7.93. The number of anilines is 1. The first-order chi connectivity index (χ1) is 12.5. The molecule has 2 aromatic rings. The van der Waals surface area contributed by atoms with Crippen LogP contribution in [0.25, 0.3) is 0 Å². The van der Waals surface area contributed by atoms with E-state index >= 15 is 0 Å². The zero-order valence-electron chi connectivity index (χ0n) is 14.7. The Morgan fingerprint density at radius 2 is 2.00 bits per heavy atom. The van der Waals surface area contributed by atoms with Crippen molar-refractivity contribution in [3.8, 4) is 0 Å². The Bertz CT molecular complexity index is 835. The zero-order chi connectivity index (χ0) is 20.2. The second-order valence-electron chi connectivity index (χ2n) is 6.05. The molecule has 0 bridgehead atoms. The monoisotopic (exact) mass is 384 g/mol. The van der Waals surface area contributed by atoms with Crippen LogP contribution in [0.2, 0.25) is 0 Å². The van der Waals surface area contributed by atoms with Crippen LogP contribution in [0.4, 0.5) is 18.9 Å². The van der Waals surface area contributed by atoms with E-state index in [-0.39, 0.29) is 12.5 Å². The Hall–Kier alpha value is -2.88. The molecule has 0 radical (unpaired) electrons. The second kappa shape index (κ2) is 7.78. The molecule has 7 nitrogen and oxygen atoms in total. The molecule has 2 amide bonds. The van der Waals surface area contributed by atoms with Crippen LogP contribution in [0.1, 0.15) is 24.7 Å². The molecule has 1 aromatic heterocycles. The van der Waals surface area contributed by atoms with Crippen LogP contribution in [0.5, 0.6) is 0 Å². The number of amides is 2. The minimum absolute atomic E-state index is 0.0687. The third-order valence-electron chi connectivity index (χ3n) is 3.81. The molecule has 1 atom stereocenters.